The van der Waals surface area contributed by atoms with Crippen molar-refractivity contribution in [1.29, 1.82) is 0 Å². The summed E-state index contributed by atoms with van der Waals surface area (Å²) in [4.78, 5) is 2.39. The summed E-state index contributed by atoms with van der Waals surface area (Å²) in [6.07, 6.45) is 0. The van der Waals surface area contributed by atoms with Gasteiger partial charge in [-0.1, -0.05) is 176 Å². The van der Waals surface area contributed by atoms with Crippen LogP contribution in [0.1, 0.15) is 0 Å². The van der Waals surface area contributed by atoms with Crippen LogP contribution in [0.15, 0.2) is 243 Å². The SMILES string of the molecule is c1ccc(-c2ccc(N(c3ccc(-c4ccc5c(c4)c4ccccc4n5-c4ccc(-c5ccccc5)cc4)cc3)c3ccc4c5ccccc5c5ccccc5c4c3)cc2)cc1. The van der Waals surface area contributed by atoms with Crippen molar-refractivity contribution in [2.75, 3.05) is 4.90 Å². The molecular weight excluding hydrogens is 749 g/mol. The number of nitrogens with zero attached hydrogens (tertiary/aromatic N) is 2. The molecule has 0 aliphatic carbocycles. The lowest BCUT2D eigenvalue weighted by Gasteiger charge is -2.26. The van der Waals surface area contributed by atoms with Gasteiger partial charge in [0.2, 0.25) is 0 Å². The van der Waals surface area contributed by atoms with Crippen molar-refractivity contribution in [1.82, 2.24) is 4.57 Å². The molecule has 12 rings (SSSR count). The van der Waals surface area contributed by atoms with Crippen LogP contribution in [0.3, 0.4) is 0 Å². The van der Waals surface area contributed by atoms with E-state index in [1.165, 1.54) is 87.5 Å². The van der Waals surface area contributed by atoms with Gasteiger partial charge in [-0.05, 0) is 132 Å². The molecule has 0 unspecified atom stereocenters. The van der Waals surface area contributed by atoms with Crippen molar-refractivity contribution in [2.45, 2.75) is 0 Å². The Morgan fingerprint density at radius 1 is 0.226 bits per heavy atom. The fourth-order valence-corrected chi connectivity index (χ4v) is 9.58. The summed E-state index contributed by atoms with van der Waals surface area (Å²) >= 11 is 0. The standard InChI is InChI=1S/C60H40N2/c1-3-13-41(14-4-1)43-23-30-47(31-24-43)61(50-36-37-55-53-19-8-7-17-51(53)52-18-9-10-20-54(52)57(55)40-50)48-32-27-45(28-33-48)46-29-38-60-58(39-46)56-21-11-12-22-59(56)62(60)49-34-25-44(26-35-49)42-15-5-2-6-16-42/h1-40H. The third-order valence-corrected chi connectivity index (χ3v) is 12.6. The molecule has 0 radical (unpaired) electrons. The van der Waals surface area contributed by atoms with Crippen LogP contribution in [-0.4, -0.2) is 4.57 Å². The van der Waals surface area contributed by atoms with Gasteiger partial charge in [0.15, 0.2) is 0 Å². The minimum absolute atomic E-state index is 1.10. The van der Waals surface area contributed by atoms with Crippen molar-refractivity contribution in [3.63, 3.8) is 0 Å². The van der Waals surface area contributed by atoms with E-state index in [0.717, 1.165) is 22.7 Å². The molecule has 2 heteroatoms. The molecular formula is C60H40N2. The number of para-hydroxylation sites is 1. The molecule has 0 N–H and O–H groups in total. The van der Waals surface area contributed by atoms with E-state index < -0.39 is 0 Å². The highest BCUT2D eigenvalue weighted by Gasteiger charge is 2.18. The monoisotopic (exact) mass is 788 g/mol. The van der Waals surface area contributed by atoms with Crippen LogP contribution < -0.4 is 4.90 Å². The van der Waals surface area contributed by atoms with Crippen molar-refractivity contribution in [3.8, 4) is 39.1 Å². The second-order valence-electron chi connectivity index (χ2n) is 16.1. The van der Waals surface area contributed by atoms with Gasteiger partial charge in [-0.3, -0.25) is 0 Å². The summed E-state index contributed by atoms with van der Waals surface area (Å²) in [5, 5.41) is 10.1. The molecule has 62 heavy (non-hydrogen) atoms. The van der Waals surface area contributed by atoms with Gasteiger partial charge in [0.05, 0.1) is 11.0 Å². The van der Waals surface area contributed by atoms with Crippen LogP contribution in [0.4, 0.5) is 17.1 Å². The van der Waals surface area contributed by atoms with Gasteiger partial charge in [-0.25, -0.2) is 0 Å². The number of hydrogen-bond acceptors (Lipinski definition) is 1. The van der Waals surface area contributed by atoms with Crippen molar-refractivity contribution >= 4 is 71.2 Å². The highest BCUT2D eigenvalue weighted by Crippen LogP contribution is 2.42. The van der Waals surface area contributed by atoms with E-state index in [4.69, 9.17) is 0 Å². The Bertz CT molecular complexity index is 3550. The number of rotatable bonds is 7. The normalized spacial score (nSPS) is 11.5. The first-order chi connectivity index (χ1) is 30.7. The first kappa shape index (κ1) is 35.7. The van der Waals surface area contributed by atoms with E-state index in [9.17, 15) is 0 Å². The molecule has 11 aromatic carbocycles. The van der Waals surface area contributed by atoms with E-state index in [1.807, 2.05) is 0 Å². The van der Waals surface area contributed by atoms with Crippen LogP contribution in [0.2, 0.25) is 0 Å². The predicted octanol–water partition coefficient (Wildman–Crippen LogP) is 16.7. The molecule has 0 bridgehead atoms. The molecule has 0 aliphatic heterocycles. The first-order valence-electron chi connectivity index (χ1n) is 21.3. The summed E-state index contributed by atoms with van der Waals surface area (Å²) in [6, 6.07) is 88.4. The maximum absolute atomic E-state index is 2.39. The van der Waals surface area contributed by atoms with Crippen molar-refractivity contribution < 1.29 is 0 Å². The summed E-state index contributed by atoms with van der Waals surface area (Å²) < 4.78 is 2.39. The minimum atomic E-state index is 1.10. The number of aromatic nitrogens is 1. The Morgan fingerprint density at radius 3 is 1.18 bits per heavy atom. The van der Waals surface area contributed by atoms with Gasteiger partial charge in [-0.2, -0.15) is 0 Å². The molecule has 290 valence electrons. The predicted molar refractivity (Wildman–Crippen MR) is 264 cm³/mol. The van der Waals surface area contributed by atoms with Crippen molar-refractivity contribution in [2.24, 2.45) is 0 Å². The number of fused-ring (bicyclic) bond motifs is 9. The molecule has 0 amide bonds. The van der Waals surface area contributed by atoms with Gasteiger partial charge < -0.3 is 9.47 Å². The number of hydrogen-bond donors (Lipinski definition) is 0. The summed E-state index contributed by atoms with van der Waals surface area (Å²) in [5.41, 5.74) is 14.1. The van der Waals surface area contributed by atoms with Crippen LogP contribution >= 0.6 is 0 Å². The number of anilines is 3. The topological polar surface area (TPSA) is 8.17 Å². The Labute approximate surface area is 360 Å². The molecule has 0 spiro atoms. The van der Waals surface area contributed by atoms with E-state index in [0.29, 0.717) is 0 Å². The zero-order chi connectivity index (χ0) is 41.0. The quantitative estimate of drug-likeness (QED) is 0.146. The number of benzene rings is 11. The Morgan fingerprint density at radius 2 is 0.613 bits per heavy atom. The van der Waals surface area contributed by atoms with Gasteiger partial charge in [0.1, 0.15) is 0 Å². The molecule has 0 atom stereocenters. The molecule has 0 saturated heterocycles. The largest absolute Gasteiger partial charge is 0.310 e. The molecule has 0 aliphatic rings. The Hall–Kier alpha value is -8.20. The third kappa shape index (κ3) is 6.04. The van der Waals surface area contributed by atoms with Crippen molar-refractivity contribution in [3.05, 3.63) is 243 Å². The maximum Gasteiger partial charge on any atom is 0.0541 e. The first-order valence-corrected chi connectivity index (χ1v) is 21.3. The summed E-state index contributed by atoms with van der Waals surface area (Å²) in [6.45, 7) is 0. The third-order valence-electron chi connectivity index (χ3n) is 12.6. The smallest absolute Gasteiger partial charge is 0.0541 e. The van der Waals surface area contributed by atoms with Gasteiger partial charge in [-0.15, -0.1) is 0 Å². The second-order valence-corrected chi connectivity index (χ2v) is 16.1. The van der Waals surface area contributed by atoms with E-state index in [1.54, 1.807) is 0 Å². The van der Waals surface area contributed by atoms with E-state index in [2.05, 4.69) is 252 Å². The second kappa shape index (κ2) is 14.8. The average molecular weight is 789 g/mol. The highest BCUT2D eigenvalue weighted by molar-refractivity contribution is 6.25. The minimum Gasteiger partial charge on any atom is -0.310 e. The lowest BCUT2D eigenvalue weighted by Crippen LogP contribution is -2.10. The summed E-state index contributed by atoms with van der Waals surface area (Å²) in [5.74, 6) is 0. The average Bonchev–Trinajstić information content (AvgIpc) is 3.69. The summed E-state index contributed by atoms with van der Waals surface area (Å²) in [7, 11) is 0. The lowest BCUT2D eigenvalue weighted by atomic mass is 9.94. The van der Waals surface area contributed by atoms with Crippen LogP contribution in [-0.2, 0) is 0 Å². The fourth-order valence-electron chi connectivity index (χ4n) is 9.58. The highest BCUT2D eigenvalue weighted by atomic mass is 15.1. The Balaban J connectivity index is 0.957. The van der Waals surface area contributed by atoms with Crippen LogP contribution in [0.5, 0.6) is 0 Å². The van der Waals surface area contributed by atoms with Crippen LogP contribution in [0, 0.1) is 0 Å². The maximum atomic E-state index is 2.39. The van der Waals surface area contributed by atoms with E-state index >= 15 is 0 Å². The molecule has 12 aromatic rings. The fraction of sp³-hybridized carbons (Fsp3) is 0. The zero-order valence-corrected chi connectivity index (χ0v) is 34.0. The molecule has 1 heterocycles. The van der Waals surface area contributed by atoms with Crippen LogP contribution in [0.25, 0.3) is 93.2 Å². The van der Waals surface area contributed by atoms with Gasteiger partial charge >= 0.3 is 0 Å². The van der Waals surface area contributed by atoms with E-state index in [-0.39, 0.29) is 0 Å². The lowest BCUT2D eigenvalue weighted by molar-refractivity contribution is 1.18. The molecule has 2 nitrogen and oxygen atoms in total. The zero-order valence-electron chi connectivity index (χ0n) is 34.0. The Kier molecular flexibility index (Phi) is 8.53. The van der Waals surface area contributed by atoms with Gasteiger partial charge in [0, 0.05) is 33.5 Å². The molecule has 0 fully saturated rings. The molecule has 0 saturated carbocycles. The van der Waals surface area contributed by atoms with Gasteiger partial charge in [0.25, 0.3) is 0 Å². The molecule has 1 aromatic heterocycles.